The Morgan fingerprint density at radius 2 is 2.24 bits per heavy atom. The van der Waals surface area contributed by atoms with Crippen LogP contribution in [0.1, 0.15) is 37.8 Å². The first-order valence-electron chi connectivity index (χ1n) is 8.63. The van der Waals surface area contributed by atoms with Gasteiger partial charge >= 0.3 is 0 Å². The predicted octanol–water partition coefficient (Wildman–Crippen LogP) is 1.77. The van der Waals surface area contributed by atoms with Crippen LogP contribution in [0.25, 0.3) is 0 Å². The Balaban J connectivity index is 2.09. The molecule has 0 spiro atoms. The van der Waals surface area contributed by atoms with Gasteiger partial charge in [-0.15, -0.1) is 6.58 Å². The Morgan fingerprint density at radius 3 is 2.88 bits per heavy atom. The van der Waals surface area contributed by atoms with Gasteiger partial charge in [0.1, 0.15) is 18.5 Å². The van der Waals surface area contributed by atoms with Crippen LogP contribution in [0.5, 0.6) is 5.75 Å². The summed E-state index contributed by atoms with van der Waals surface area (Å²) in [5.41, 5.74) is 5.26. The topological polar surface area (TPSA) is 83.0 Å². The molecule has 6 nitrogen and oxygen atoms in total. The fourth-order valence-corrected chi connectivity index (χ4v) is 2.49. The number of carbonyl (C=O) groups is 1. The second-order valence-corrected chi connectivity index (χ2v) is 6.44. The van der Waals surface area contributed by atoms with Crippen LogP contribution in [0.4, 0.5) is 0 Å². The van der Waals surface area contributed by atoms with Crippen molar-refractivity contribution in [2.24, 2.45) is 5.10 Å². The van der Waals surface area contributed by atoms with E-state index in [4.69, 9.17) is 4.74 Å². The number of hydrogen-bond donors (Lipinski definition) is 3. The summed E-state index contributed by atoms with van der Waals surface area (Å²) in [6.07, 6.45) is 2.94. The van der Waals surface area contributed by atoms with Crippen molar-refractivity contribution in [2.45, 2.75) is 45.3 Å². The molecule has 0 aromatic heterocycles. The van der Waals surface area contributed by atoms with Gasteiger partial charge in [-0.1, -0.05) is 32.1 Å². The molecule has 3 N–H and O–H groups in total. The summed E-state index contributed by atoms with van der Waals surface area (Å²) >= 11 is 0. The van der Waals surface area contributed by atoms with Gasteiger partial charge in [-0.2, -0.15) is 5.10 Å². The zero-order valence-corrected chi connectivity index (χ0v) is 14.9. The van der Waals surface area contributed by atoms with Gasteiger partial charge in [-0.25, -0.2) is 5.43 Å². The molecule has 0 aliphatic carbocycles. The van der Waals surface area contributed by atoms with Gasteiger partial charge in [0.15, 0.2) is 0 Å². The average molecular weight is 345 g/mol. The zero-order chi connectivity index (χ0) is 18.2. The number of allylic oxidation sites excluding steroid dienone is 1. The van der Waals surface area contributed by atoms with Gasteiger partial charge in [-0.05, 0) is 18.1 Å². The van der Waals surface area contributed by atoms with Crippen LogP contribution in [0, 0.1) is 0 Å². The lowest BCUT2D eigenvalue weighted by Gasteiger charge is -2.18. The minimum absolute atomic E-state index is 0.0655. The smallest absolute Gasteiger partial charge is 0.240 e. The fraction of sp³-hybridized carbons (Fsp3) is 0.474. The third kappa shape index (κ3) is 5.99. The quantitative estimate of drug-likeness (QED) is 0.596. The Kier molecular flexibility index (Phi) is 7.16. The number of carbonyl (C=O) groups excluding carboxylic acids is 1. The number of rotatable bonds is 9. The fourth-order valence-electron chi connectivity index (χ4n) is 2.49. The summed E-state index contributed by atoms with van der Waals surface area (Å²) in [7, 11) is 0. The summed E-state index contributed by atoms with van der Waals surface area (Å²) in [6, 6.07) is 6.18. The Morgan fingerprint density at radius 1 is 1.44 bits per heavy atom. The van der Waals surface area contributed by atoms with E-state index in [1.165, 1.54) is 0 Å². The van der Waals surface area contributed by atoms with Gasteiger partial charge in [0, 0.05) is 31.0 Å². The number of hydrazone groups is 1. The lowest BCUT2D eigenvalue weighted by Crippen LogP contribution is -2.35. The van der Waals surface area contributed by atoms with E-state index < -0.39 is 6.10 Å². The predicted molar refractivity (Wildman–Crippen MR) is 98.9 cm³/mol. The van der Waals surface area contributed by atoms with Crippen LogP contribution in [0.15, 0.2) is 36.0 Å². The lowest BCUT2D eigenvalue weighted by molar-refractivity contribution is -0.121. The van der Waals surface area contributed by atoms with Crippen molar-refractivity contribution in [3.05, 3.63) is 42.0 Å². The maximum Gasteiger partial charge on any atom is 0.240 e. The van der Waals surface area contributed by atoms with Crippen LogP contribution >= 0.6 is 0 Å². The molecule has 1 aliphatic heterocycles. The van der Waals surface area contributed by atoms with Crippen molar-refractivity contribution in [3.63, 3.8) is 0 Å². The zero-order valence-electron chi connectivity index (χ0n) is 14.9. The summed E-state index contributed by atoms with van der Waals surface area (Å²) in [5, 5.41) is 17.4. The largest absolute Gasteiger partial charge is 0.491 e. The first-order valence-corrected chi connectivity index (χ1v) is 8.63. The van der Waals surface area contributed by atoms with E-state index in [2.05, 4.69) is 22.4 Å². The van der Waals surface area contributed by atoms with E-state index in [1.807, 2.05) is 38.1 Å². The highest BCUT2D eigenvalue weighted by Gasteiger charge is 2.15. The molecule has 1 aromatic carbocycles. The Hall–Kier alpha value is -2.18. The molecule has 2 rings (SSSR count). The number of amides is 1. The second kappa shape index (κ2) is 9.34. The molecule has 1 unspecified atom stereocenters. The van der Waals surface area contributed by atoms with Crippen LogP contribution in [-0.4, -0.2) is 42.0 Å². The van der Waals surface area contributed by atoms with Crippen LogP contribution in [0.3, 0.4) is 0 Å². The van der Waals surface area contributed by atoms with Crippen molar-refractivity contribution in [3.8, 4) is 5.75 Å². The molecular weight excluding hydrogens is 318 g/mol. The monoisotopic (exact) mass is 345 g/mol. The number of hydrogen-bond acceptors (Lipinski definition) is 5. The molecule has 0 radical (unpaired) electrons. The first kappa shape index (κ1) is 19.1. The van der Waals surface area contributed by atoms with Crippen molar-refractivity contribution in [1.29, 1.82) is 0 Å². The number of benzene rings is 1. The minimum Gasteiger partial charge on any atom is -0.491 e. The molecule has 0 saturated carbocycles. The van der Waals surface area contributed by atoms with Gasteiger partial charge in [0.05, 0.1) is 5.71 Å². The molecule has 25 heavy (non-hydrogen) atoms. The number of nitrogens with zero attached hydrogens (tertiary/aromatic N) is 1. The van der Waals surface area contributed by atoms with E-state index in [9.17, 15) is 9.90 Å². The van der Waals surface area contributed by atoms with Crippen molar-refractivity contribution in [1.82, 2.24) is 10.7 Å². The molecule has 6 heteroatoms. The summed E-state index contributed by atoms with van der Waals surface area (Å²) < 4.78 is 5.86. The molecule has 1 aromatic rings. The van der Waals surface area contributed by atoms with Gasteiger partial charge < -0.3 is 15.2 Å². The van der Waals surface area contributed by atoms with E-state index in [1.54, 1.807) is 0 Å². The maximum absolute atomic E-state index is 11.2. The molecule has 136 valence electrons. The Labute approximate surface area is 149 Å². The van der Waals surface area contributed by atoms with E-state index in [0.29, 0.717) is 37.6 Å². The maximum atomic E-state index is 11.2. The highest BCUT2D eigenvalue weighted by molar-refractivity contribution is 6.04. The van der Waals surface area contributed by atoms with E-state index in [-0.39, 0.29) is 12.5 Å². The Bertz CT molecular complexity index is 641. The highest BCUT2D eigenvalue weighted by Crippen LogP contribution is 2.23. The van der Waals surface area contributed by atoms with Crippen molar-refractivity contribution < 1.29 is 14.6 Å². The molecule has 1 heterocycles. The van der Waals surface area contributed by atoms with Gasteiger partial charge in [0.25, 0.3) is 0 Å². The minimum atomic E-state index is -0.589. The number of ether oxygens (including phenoxy) is 1. The molecule has 0 bridgehead atoms. The van der Waals surface area contributed by atoms with Crippen molar-refractivity contribution >= 4 is 11.6 Å². The molecule has 1 amide bonds. The van der Waals surface area contributed by atoms with Gasteiger partial charge in [-0.3, -0.25) is 4.79 Å². The van der Waals surface area contributed by atoms with Crippen molar-refractivity contribution in [2.75, 3.05) is 13.2 Å². The summed E-state index contributed by atoms with van der Waals surface area (Å²) in [6.45, 7) is 8.52. The molecular formula is C19H27N3O3. The van der Waals surface area contributed by atoms with E-state index in [0.717, 1.165) is 16.8 Å². The lowest BCUT2D eigenvalue weighted by atomic mass is 10.0. The summed E-state index contributed by atoms with van der Waals surface area (Å²) in [5.74, 6) is 0.643. The molecule has 0 saturated heterocycles. The van der Waals surface area contributed by atoms with Crippen LogP contribution in [-0.2, 0) is 11.2 Å². The normalized spacial score (nSPS) is 15.5. The average Bonchev–Trinajstić information content (AvgIpc) is 2.60. The number of aliphatic hydroxyl groups is 1. The van der Waals surface area contributed by atoms with Crippen LogP contribution < -0.4 is 15.5 Å². The highest BCUT2D eigenvalue weighted by atomic mass is 16.5. The summed E-state index contributed by atoms with van der Waals surface area (Å²) in [4.78, 5) is 11.2. The van der Waals surface area contributed by atoms with E-state index >= 15 is 0 Å². The molecule has 0 fully saturated rings. The number of aliphatic hydroxyl groups excluding tert-OH is 1. The number of nitrogens with one attached hydrogen (secondary N) is 2. The van der Waals surface area contributed by atoms with Crippen LogP contribution in [0.2, 0.25) is 0 Å². The SMILES string of the molecule is C=CCc1ccc(C2=NNC(=O)CC2)cc1OCC(O)CNC(C)C. The third-order valence-corrected chi connectivity index (χ3v) is 3.86. The first-order chi connectivity index (χ1) is 12.0. The molecule has 1 atom stereocenters. The molecule has 1 aliphatic rings. The third-order valence-electron chi connectivity index (χ3n) is 3.86. The second-order valence-electron chi connectivity index (χ2n) is 6.44. The van der Waals surface area contributed by atoms with Gasteiger partial charge in [0.2, 0.25) is 5.91 Å². The standard InChI is InChI=1S/C19H27N3O3/c1-4-5-14-6-7-15(17-8-9-19(24)22-21-17)10-18(14)25-12-16(23)11-20-13(2)3/h4,6-7,10,13,16,20,23H,1,5,8-9,11-12H2,2-3H3,(H,22,24).